The predicted molar refractivity (Wildman–Crippen MR) is 178 cm³/mol. The fourth-order valence-corrected chi connectivity index (χ4v) is 6.80. The first-order chi connectivity index (χ1) is 22.1. The first-order valence-electron chi connectivity index (χ1n) is 15.1. The van der Waals surface area contributed by atoms with Gasteiger partial charge in [-0.05, 0) is 42.2 Å². The minimum atomic E-state index is -1.11. The number of carbonyl (C=O) groups is 2. The molecule has 3 aromatic heterocycles. The molecule has 0 aliphatic carbocycles. The smallest absolute Gasteiger partial charge is 0.408 e. The molecular formula is C34H35N7O4S. The number of amides is 2. The number of nitrogens with one attached hydrogen (secondary N) is 2. The van der Waals surface area contributed by atoms with E-state index in [9.17, 15) is 14.7 Å². The Hall–Kier alpha value is -5.15. The highest BCUT2D eigenvalue weighted by molar-refractivity contribution is 7.20. The molecule has 236 valence electrons. The number of nitrogens with zero attached hydrogens (tertiary/aromatic N) is 5. The summed E-state index contributed by atoms with van der Waals surface area (Å²) >= 11 is 1.43. The van der Waals surface area contributed by atoms with Crippen LogP contribution in [0, 0.1) is 17.3 Å². The number of ether oxygens (including phenoxy) is 1. The van der Waals surface area contributed by atoms with Crippen LogP contribution < -0.4 is 10.6 Å². The molecule has 2 aromatic carbocycles. The molecule has 2 amide bonds. The van der Waals surface area contributed by atoms with Gasteiger partial charge in [0.2, 0.25) is 0 Å². The number of hydrogen-bond acceptors (Lipinski definition) is 8. The molecule has 11 nitrogen and oxygen atoms in total. The Morgan fingerprint density at radius 3 is 2.70 bits per heavy atom. The summed E-state index contributed by atoms with van der Waals surface area (Å²) in [4.78, 5) is 35.6. The van der Waals surface area contributed by atoms with Gasteiger partial charge in [0.05, 0.1) is 39.9 Å². The van der Waals surface area contributed by atoms with Gasteiger partial charge in [-0.1, -0.05) is 62.9 Å². The first kappa shape index (κ1) is 30.9. The summed E-state index contributed by atoms with van der Waals surface area (Å²) in [6.07, 6.45) is 1.32. The topological polar surface area (TPSA) is 134 Å². The molecule has 0 spiro atoms. The van der Waals surface area contributed by atoms with E-state index in [0.717, 1.165) is 31.7 Å². The van der Waals surface area contributed by atoms with Crippen LogP contribution >= 0.6 is 11.3 Å². The molecule has 1 aliphatic heterocycles. The van der Waals surface area contributed by atoms with E-state index in [1.807, 2.05) is 74.1 Å². The van der Waals surface area contributed by atoms with Gasteiger partial charge in [-0.25, -0.2) is 19.6 Å². The molecule has 0 bridgehead atoms. The van der Waals surface area contributed by atoms with Gasteiger partial charge in [-0.2, -0.15) is 5.10 Å². The maximum Gasteiger partial charge on any atom is 0.408 e. The Labute approximate surface area is 270 Å². The molecule has 1 saturated heterocycles. The van der Waals surface area contributed by atoms with Gasteiger partial charge in [-0.3, -0.25) is 9.58 Å². The lowest BCUT2D eigenvalue weighted by molar-refractivity contribution is 0.0702. The average molecular weight is 638 g/mol. The first-order valence-corrected chi connectivity index (χ1v) is 15.9. The Balaban J connectivity index is 1.27. The molecule has 0 saturated carbocycles. The van der Waals surface area contributed by atoms with E-state index < -0.39 is 29.2 Å². The third-order valence-electron chi connectivity index (χ3n) is 8.22. The second kappa shape index (κ2) is 12.3. The summed E-state index contributed by atoms with van der Waals surface area (Å²) in [5.74, 6) is 7.20. The minimum absolute atomic E-state index is 0.0415. The van der Waals surface area contributed by atoms with Crippen LogP contribution in [0.15, 0.2) is 67.1 Å². The Morgan fingerprint density at radius 1 is 1.15 bits per heavy atom. The Morgan fingerprint density at radius 2 is 1.96 bits per heavy atom. The molecule has 2 atom stereocenters. The van der Waals surface area contributed by atoms with Crippen molar-refractivity contribution in [3.63, 3.8) is 0 Å². The third kappa shape index (κ3) is 6.06. The van der Waals surface area contributed by atoms with Crippen molar-refractivity contribution in [3.05, 3.63) is 77.6 Å². The minimum Gasteiger partial charge on any atom is -0.465 e. The van der Waals surface area contributed by atoms with E-state index in [4.69, 9.17) is 4.74 Å². The zero-order chi connectivity index (χ0) is 32.5. The molecule has 12 heteroatoms. The lowest BCUT2D eigenvalue weighted by Gasteiger charge is -2.42. The zero-order valence-electron chi connectivity index (χ0n) is 26.1. The molecule has 0 radical (unpaired) electrons. The van der Waals surface area contributed by atoms with Gasteiger partial charge in [0, 0.05) is 24.0 Å². The highest BCUT2D eigenvalue weighted by atomic mass is 32.1. The van der Waals surface area contributed by atoms with Crippen molar-refractivity contribution in [3.8, 4) is 11.8 Å². The van der Waals surface area contributed by atoms with Crippen molar-refractivity contribution in [2.45, 2.75) is 52.3 Å². The largest absolute Gasteiger partial charge is 0.465 e. The van der Waals surface area contributed by atoms with Crippen LogP contribution in [-0.2, 0) is 11.3 Å². The maximum atomic E-state index is 12.4. The van der Waals surface area contributed by atoms with Gasteiger partial charge >= 0.3 is 12.2 Å². The SMILES string of the molecule is CCNC(=O)O[C@@H]1CN(C(=O)O)[C@@](C#Cc2cc3ncnc(Nc4ccc5c(cnn5Cc5ccccc5)c4)c3s2)(C(C)(C)C)C1. The van der Waals surface area contributed by atoms with Crippen LogP contribution in [0.4, 0.5) is 21.1 Å². The number of carboxylic acid groups (broad SMARTS) is 1. The lowest BCUT2D eigenvalue weighted by Crippen LogP contribution is -2.54. The van der Waals surface area contributed by atoms with E-state index in [1.165, 1.54) is 28.1 Å². The van der Waals surface area contributed by atoms with Crippen molar-refractivity contribution in [2.24, 2.45) is 5.41 Å². The fraction of sp³-hybridized carbons (Fsp3) is 0.324. The normalized spacial score (nSPS) is 17.9. The van der Waals surface area contributed by atoms with Gasteiger partial charge in [0.15, 0.2) is 5.82 Å². The summed E-state index contributed by atoms with van der Waals surface area (Å²) in [6.45, 7) is 8.79. The standard InChI is InChI=1S/C34H35N7O4S/c1-5-35-31(42)45-25-17-34(33(2,3)4,40(20-25)32(43)44)14-13-26-16-27-29(46-26)30(37-21-36-27)39-24-11-12-28-23(15-24)18-38-41(28)19-22-9-7-6-8-10-22/h6-12,15-16,18,21,25H,5,17,19-20H2,1-4H3,(H,35,42)(H,43,44)(H,36,37,39)/t25-,34+/m0/s1. The van der Waals surface area contributed by atoms with E-state index in [1.54, 1.807) is 6.92 Å². The van der Waals surface area contributed by atoms with Crippen molar-refractivity contribution in [2.75, 3.05) is 18.4 Å². The maximum absolute atomic E-state index is 12.4. The number of alkyl carbamates (subject to hydrolysis) is 1. The Kier molecular flexibility index (Phi) is 8.27. The number of hydrogen-bond donors (Lipinski definition) is 3. The van der Waals surface area contributed by atoms with E-state index in [2.05, 4.69) is 49.7 Å². The highest BCUT2D eigenvalue weighted by Gasteiger charge is 2.55. The number of fused-ring (bicyclic) bond motifs is 2. The zero-order valence-corrected chi connectivity index (χ0v) is 26.9. The molecule has 6 rings (SSSR count). The van der Waals surface area contributed by atoms with Gasteiger partial charge in [0.1, 0.15) is 18.0 Å². The molecule has 46 heavy (non-hydrogen) atoms. The number of rotatable bonds is 6. The van der Waals surface area contributed by atoms with Crippen LogP contribution in [-0.4, -0.2) is 66.7 Å². The summed E-state index contributed by atoms with van der Waals surface area (Å²) in [6, 6.07) is 18.2. The number of benzene rings is 2. The Bertz CT molecular complexity index is 1970. The van der Waals surface area contributed by atoms with Gasteiger partial charge in [0.25, 0.3) is 0 Å². The van der Waals surface area contributed by atoms with Gasteiger partial charge < -0.3 is 20.5 Å². The van der Waals surface area contributed by atoms with Crippen LogP contribution in [0.2, 0.25) is 0 Å². The number of aromatic nitrogens is 4. The molecule has 3 N–H and O–H groups in total. The highest BCUT2D eigenvalue weighted by Crippen LogP contribution is 2.44. The lowest BCUT2D eigenvalue weighted by atomic mass is 9.72. The fourth-order valence-electron chi connectivity index (χ4n) is 5.89. The van der Waals surface area contributed by atoms with Crippen LogP contribution in [0.3, 0.4) is 0 Å². The quantitative estimate of drug-likeness (QED) is 0.181. The molecule has 5 aromatic rings. The van der Waals surface area contributed by atoms with Crippen molar-refractivity contribution >= 4 is 56.1 Å². The average Bonchev–Trinajstić information content (AvgIpc) is 3.72. The summed E-state index contributed by atoms with van der Waals surface area (Å²) in [7, 11) is 0. The summed E-state index contributed by atoms with van der Waals surface area (Å²) in [5, 5.41) is 21.8. The summed E-state index contributed by atoms with van der Waals surface area (Å²) in [5.41, 5.74) is 2.14. The van der Waals surface area contributed by atoms with E-state index in [0.29, 0.717) is 18.9 Å². The number of anilines is 2. The van der Waals surface area contributed by atoms with Crippen LogP contribution in [0.1, 0.15) is 44.6 Å². The second-order valence-corrected chi connectivity index (χ2v) is 13.3. The monoisotopic (exact) mass is 637 g/mol. The molecule has 4 heterocycles. The predicted octanol–water partition coefficient (Wildman–Crippen LogP) is 6.47. The van der Waals surface area contributed by atoms with Crippen molar-refractivity contribution in [1.82, 2.24) is 30.0 Å². The van der Waals surface area contributed by atoms with Crippen LogP contribution in [0.25, 0.3) is 21.1 Å². The van der Waals surface area contributed by atoms with E-state index in [-0.39, 0.29) is 13.0 Å². The molecule has 1 fully saturated rings. The van der Waals surface area contributed by atoms with Crippen molar-refractivity contribution < 1.29 is 19.4 Å². The number of carbonyl (C=O) groups excluding carboxylic acids is 1. The van der Waals surface area contributed by atoms with Gasteiger partial charge in [-0.15, -0.1) is 11.3 Å². The van der Waals surface area contributed by atoms with E-state index >= 15 is 0 Å². The molecule has 1 aliphatic rings. The number of thiophene rings is 1. The third-order valence-corrected chi connectivity index (χ3v) is 9.27. The second-order valence-electron chi connectivity index (χ2n) is 12.2. The number of likely N-dealkylation sites (tertiary alicyclic amines) is 1. The molecule has 0 unspecified atom stereocenters. The summed E-state index contributed by atoms with van der Waals surface area (Å²) < 4.78 is 8.37. The van der Waals surface area contributed by atoms with Crippen molar-refractivity contribution in [1.29, 1.82) is 0 Å². The molecular weight excluding hydrogens is 602 g/mol. The van der Waals surface area contributed by atoms with Crippen LogP contribution in [0.5, 0.6) is 0 Å².